The molecule has 1 saturated heterocycles. The summed E-state index contributed by atoms with van der Waals surface area (Å²) in [6.07, 6.45) is 1.79. The lowest BCUT2D eigenvalue weighted by Crippen LogP contribution is -2.49. The molecular formula is C19H21N7OS. The number of carbonyl (C=O) groups is 1. The molecule has 8 nitrogen and oxygen atoms in total. The van der Waals surface area contributed by atoms with Crippen molar-refractivity contribution in [3.63, 3.8) is 0 Å². The van der Waals surface area contributed by atoms with Crippen LogP contribution in [0.25, 0.3) is 0 Å². The highest BCUT2D eigenvalue weighted by Gasteiger charge is 2.22. The summed E-state index contributed by atoms with van der Waals surface area (Å²) in [6.45, 7) is 3.57. The number of benzene rings is 1. The fourth-order valence-corrected chi connectivity index (χ4v) is 3.88. The maximum atomic E-state index is 12.6. The lowest BCUT2D eigenvalue weighted by Gasteiger charge is -2.35. The SMILES string of the molecule is O=C(CSc1nnnn1Cc1ccccc1)N1CCN(c2ccccn2)CC1. The molecule has 0 spiro atoms. The van der Waals surface area contributed by atoms with Crippen LogP contribution in [0.15, 0.2) is 59.9 Å². The molecule has 0 unspecified atom stereocenters. The number of nitrogens with zero attached hydrogens (tertiary/aromatic N) is 7. The van der Waals surface area contributed by atoms with Crippen LogP contribution in [0.3, 0.4) is 0 Å². The minimum atomic E-state index is 0.111. The molecule has 0 radical (unpaired) electrons. The number of aromatic nitrogens is 5. The van der Waals surface area contributed by atoms with Gasteiger partial charge in [0.15, 0.2) is 0 Å². The number of pyridine rings is 1. The first kappa shape index (κ1) is 18.4. The van der Waals surface area contributed by atoms with Crippen LogP contribution >= 0.6 is 11.8 Å². The van der Waals surface area contributed by atoms with Crippen LogP contribution in [0, 0.1) is 0 Å². The van der Waals surface area contributed by atoms with Gasteiger partial charge in [0.1, 0.15) is 5.82 Å². The van der Waals surface area contributed by atoms with E-state index >= 15 is 0 Å². The molecule has 0 N–H and O–H groups in total. The third-order valence-electron chi connectivity index (χ3n) is 4.60. The van der Waals surface area contributed by atoms with Crippen molar-refractivity contribution in [3.8, 4) is 0 Å². The Labute approximate surface area is 167 Å². The zero-order chi connectivity index (χ0) is 19.2. The number of amides is 1. The van der Waals surface area contributed by atoms with Crippen LogP contribution < -0.4 is 4.90 Å². The van der Waals surface area contributed by atoms with Gasteiger partial charge in [-0.25, -0.2) is 9.67 Å². The number of rotatable bonds is 6. The van der Waals surface area contributed by atoms with Gasteiger partial charge in [-0.15, -0.1) is 5.10 Å². The van der Waals surface area contributed by atoms with Crippen molar-refractivity contribution in [1.82, 2.24) is 30.1 Å². The first-order chi connectivity index (χ1) is 13.8. The molecule has 3 aromatic rings. The molecule has 4 rings (SSSR count). The minimum Gasteiger partial charge on any atom is -0.353 e. The Bertz CT molecular complexity index is 895. The first-order valence-corrected chi connectivity index (χ1v) is 10.1. The van der Waals surface area contributed by atoms with Crippen molar-refractivity contribution < 1.29 is 4.79 Å². The number of carbonyl (C=O) groups excluding carboxylic acids is 1. The number of hydrogen-bond acceptors (Lipinski definition) is 7. The van der Waals surface area contributed by atoms with E-state index < -0.39 is 0 Å². The number of thioether (sulfide) groups is 1. The highest BCUT2D eigenvalue weighted by Crippen LogP contribution is 2.17. The molecule has 3 heterocycles. The number of hydrogen-bond donors (Lipinski definition) is 0. The Balaban J connectivity index is 1.28. The monoisotopic (exact) mass is 395 g/mol. The topological polar surface area (TPSA) is 80.0 Å². The molecule has 1 aliphatic rings. The zero-order valence-electron chi connectivity index (χ0n) is 15.4. The first-order valence-electron chi connectivity index (χ1n) is 9.16. The molecule has 28 heavy (non-hydrogen) atoms. The highest BCUT2D eigenvalue weighted by molar-refractivity contribution is 7.99. The van der Waals surface area contributed by atoms with Crippen LogP contribution in [0.4, 0.5) is 5.82 Å². The molecule has 0 saturated carbocycles. The van der Waals surface area contributed by atoms with Crippen molar-refractivity contribution in [2.24, 2.45) is 0 Å². The molecular weight excluding hydrogens is 374 g/mol. The van der Waals surface area contributed by atoms with Gasteiger partial charge in [0, 0.05) is 32.4 Å². The van der Waals surface area contributed by atoms with E-state index in [1.807, 2.05) is 53.4 Å². The Kier molecular flexibility index (Phi) is 5.81. The summed E-state index contributed by atoms with van der Waals surface area (Å²) in [5.41, 5.74) is 1.12. The van der Waals surface area contributed by atoms with Crippen LogP contribution in [0.1, 0.15) is 5.56 Å². The van der Waals surface area contributed by atoms with Gasteiger partial charge in [0.05, 0.1) is 12.3 Å². The summed E-state index contributed by atoms with van der Waals surface area (Å²) < 4.78 is 1.73. The maximum Gasteiger partial charge on any atom is 0.233 e. The molecule has 1 aromatic carbocycles. The Hall–Kier alpha value is -2.94. The maximum absolute atomic E-state index is 12.6. The zero-order valence-corrected chi connectivity index (χ0v) is 16.2. The number of tetrazole rings is 1. The third-order valence-corrected chi connectivity index (χ3v) is 5.55. The largest absolute Gasteiger partial charge is 0.353 e. The van der Waals surface area contributed by atoms with E-state index in [2.05, 4.69) is 25.4 Å². The van der Waals surface area contributed by atoms with E-state index in [1.54, 1.807) is 10.9 Å². The lowest BCUT2D eigenvalue weighted by molar-refractivity contribution is -0.128. The third kappa shape index (κ3) is 4.48. The van der Waals surface area contributed by atoms with Crippen LogP contribution in [-0.2, 0) is 11.3 Å². The molecule has 0 bridgehead atoms. The average Bonchev–Trinajstić information content (AvgIpc) is 3.20. The summed E-state index contributed by atoms with van der Waals surface area (Å²) >= 11 is 1.38. The van der Waals surface area contributed by atoms with E-state index in [4.69, 9.17) is 0 Å². The van der Waals surface area contributed by atoms with E-state index in [0.29, 0.717) is 30.5 Å². The minimum absolute atomic E-state index is 0.111. The van der Waals surface area contributed by atoms with E-state index in [-0.39, 0.29) is 5.91 Å². The van der Waals surface area contributed by atoms with Crippen molar-refractivity contribution in [2.45, 2.75) is 11.7 Å². The quantitative estimate of drug-likeness (QED) is 0.586. The molecule has 1 aliphatic heterocycles. The fourth-order valence-electron chi connectivity index (χ4n) is 3.10. The molecule has 2 aromatic heterocycles. The predicted molar refractivity (Wildman–Crippen MR) is 107 cm³/mol. The van der Waals surface area contributed by atoms with E-state index in [0.717, 1.165) is 24.5 Å². The van der Waals surface area contributed by atoms with E-state index in [1.165, 1.54) is 11.8 Å². The molecule has 0 atom stereocenters. The van der Waals surface area contributed by atoms with Gasteiger partial charge in [-0.2, -0.15) is 0 Å². The fraction of sp³-hybridized carbons (Fsp3) is 0.316. The number of anilines is 1. The summed E-state index contributed by atoms with van der Waals surface area (Å²) in [5, 5.41) is 12.5. The highest BCUT2D eigenvalue weighted by atomic mass is 32.2. The van der Waals surface area contributed by atoms with Crippen molar-refractivity contribution >= 4 is 23.5 Å². The van der Waals surface area contributed by atoms with Crippen LogP contribution in [0.2, 0.25) is 0 Å². The van der Waals surface area contributed by atoms with Gasteiger partial charge < -0.3 is 9.80 Å². The molecule has 1 amide bonds. The summed E-state index contributed by atoms with van der Waals surface area (Å²) in [6, 6.07) is 15.9. The van der Waals surface area contributed by atoms with Crippen molar-refractivity contribution in [2.75, 3.05) is 36.8 Å². The smallest absolute Gasteiger partial charge is 0.233 e. The van der Waals surface area contributed by atoms with Gasteiger partial charge in [0.2, 0.25) is 11.1 Å². The molecule has 0 aliphatic carbocycles. The Morgan fingerprint density at radius 2 is 1.79 bits per heavy atom. The summed E-state index contributed by atoms with van der Waals surface area (Å²) in [5.74, 6) is 1.41. The van der Waals surface area contributed by atoms with Gasteiger partial charge in [-0.05, 0) is 28.1 Å². The summed E-state index contributed by atoms with van der Waals surface area (Å²) in [7, 11) is 0. The lowest BCUT2D eigenvalue weighted by atomic mass is 10.2. The van der Waals surface area contributed by atoms with Gasteiger partial charge in [0.25, 0.3) is 0 Å². The van der Waals surface area contributed by atoms with Gasteiger partial charge in [-0.1, -0.05) is 48.2 Å². The summed E-state index contributed by atoms with van der Waals surface area (Å²) in [4.78, 5) is 21.1. The molecule has 9 heteroatoms. The predicted octanol–water partition coefficient (Wildman–Crippen LogP) is 1.56. The number of piperazine rings is 1. The second-order valence-corrected chi connectivity index (χ2v) is 7.39. The van der Waals surface area contributed by atoms with Gasteiger partial charge >= 0.3 is 0 Å². The normalized spacial score (nSPS) is 14.3. The molecule has 144 valence electrons. The standard InChI is InChI=1S/C19H21N7OS/c27-18(25-12-10-24(11-13-25)17-8-4-5-9-20-17)15-28-19-21-22-23-26(19)14-16-6-2-1-3-7-16/h1-9H,10-15H2. The second-order valence-electron chi connectivity index (χ2n) is 6.45. The van der Waals surface area contributed by atoms with Crippen LogP contribution in [0.5, 0.6) is 0 Å². The van der Waals surface area contributed by atoms with Gasteiger partial charge in [-0.3, -0.25) is 4.79 Å². The van der Waals surface area contributed by atoms with E-state index in [9.17, 15) is 4.79 Å². The Morgan fingerprint density at radius 3 is 2.54 bits per heavy atom. The van der Waals surface area contributed by atoms with Crippen molar-refractivity contribution in [1.29, 1.82) is 0 Å². The van der Waals surface area contributed by atoms with Crippen molar-refractivity contribution in [3.05, 3.63) is 60.3 Å². The molecule has 1 fully saturated rings. The average molecular weight is 395 g/mol. The second kappa shape index (κ2) is 8.83. The van der Waals surface area contributed by atoms with Crippen LogP contribution in [-0.4, -0.2) is 67.9 Å². The Morgan fingerprint density at radius 1 is 1.00 bits per heavy atom.